The zero-order valence-corrected chi connectivity index (χ0v) is 11.7. The molecule has 2 rings (SSSR count). The third-order valence-electron chi connectivity index (χ3n) is 2.80. The van der Waals surface area contributed by atoms with Crippen molar-refractivity contribution in [2.75, 3.05) is 19.0 Å². The smallest absolute Gasteiger partial charge is 0.272 e. The average molecular weight is 295 g/mol. The molecular weight excluding hydrogens is 280 g/mol. The van der Waals surface area contributed by atoms with Gasteiger partial charge in [-0.1, -0.05) is 11.6 Å². The number of phenols is 1. The van der Waals surface area contributed by atoms with Crippen LogP contribution in [-0.4, -0.2) is 29.3 Å². The normalized spacial score (nSPS) is 10.5. The SMILES string of the molecule is COCCn1cccc1C(=O)Nc1ccc(Cl)c(O)c1. The maximum absolute atomic E-state index is 12.2. The number of carbonyl (C=O) groups excluding carboxylic acids is 1. The Bertz CT molecular complexity index is 610. The predicted octanol–water partition coefficient (Wildman–Crippen LogP) is 2.75. The van der Waals surface area contributed by atoms with Crippen LogP contribution in [0.2, 0.25) is 5.02 Å². The molecule has 0 spiro atoms. The minimum atomic E-state index is -0.257. The number of ether oxygens (including phenoxy) is 1. The highest BCUT2D eigenvalue weighted by molar-refractivity contribution is 6.32. The van der Waals surface area contributed by atoms with E-state index in [9.17, 15) is 9.90 Å². The third-order valence-corrected chi connectivity index (χ3v) is 3.12. The van der Waals surface area contributed by atoms with Gasteiger partial charge in [-0.05, 0) is 24.3 Å². The van der Waals surface area contributed by atoms with E-state index in [-0.39, 0.29) is 16.7 Å². The summed E-state index contributed by atoms with van der Waals surface area (Å²) in [6, 6.07) is 8.08. The quantitative estimate of drug-likeness (QED) is 0.891. The number of hydrogen-bond acceptors (Lipinski definition) is 3. The lowest BCUT2D eigenvalue weighted by molar-refractivity contribution is 0.101. The van der Waals surface area contributed by atoms with Gasteiger partial charge in [-0.2, -0.15) is 0 Å². The maximum Gasteiger partial charge on any atom is 0.272 e. The lowest BCUT2D eigenvalue weighted by atomic mass is 10.3. The minimum Gasteiger partial charge on any atom is -0.506 e. The number of anilines is 1. The first-order valence-corrected chi connectivity index (χ1v) is 6.43. The van der Waals surface area contributed by atoms with Gasteiger partial charge in [0, 0.05) is 31.6 Å². The van der Waals surface area contributed by atoms with Crippen LogP contribution in [0.3, 0.4) is 0 Å². The molecule has 1 aromatic heterocycles. The Kier molecular flexibility index (Phi) is 4.65. The zero-order chi connectivity index (χ0) is 14.5. The molecule has 5 nitrogen and oxygen atoms in total. The number of halogens is 1. The van der Waals surface area contributed by atoms with Gasteiger partial charge in [-0.15, -0.1) is 0 Å². The lowest BCUT2D eigenvalue weighted by Crippen LogP contribution is -2.18. The van der Waals surface area contributed by atoms with Crippen LogP contribution in [-0.2, 0) is 11.3 Å². The second-order valence-electron chi connectivity index (χ2n) is 4.20. The predicted molar refractivity (Wildman–Crippen MR) is 77.4 cm³/mol. The monoisotopic (exact) mass is 294 g/mol. The van der Waals surface area contributed by atoms with Gasteiger partial charge in [0.25, 0.3) is 5.91 Å². The van der Waals surface area contributed by atoms with Crippen molar-refractivity contribution in [3.63, 3.8) is 0 Å². The first-order chi connectivity index (χ1) is 9.61. The van der Waals surface area contributed by atoms with E-state index in [0.29, 0.717) is 24.5 Å². The van der Waals surface area contributed by atoms with Crippen molar-refractivity contribution in [3.05, 3.63) is 47.2 Å². The van der Waals surface area contributed by atoms with Crippen LogP contribution in [0.15, 0.2) is 36.5 Å². The summed E-state index contributed by atoms with van der Waals surface area (Å²) in [5.41, 5.74) is 1.01. The number of phenolic OH excluding ortho intramolecular Hbond substituents is 1. The molecular formula is C14H15ClN2O3. The van der Waals surface area contributed by atoms with Crippen LogP contribution < -0.4 is 5.32 Å². The van der Waals surface area contributed by atoms with Crippen molar-refractivity contribution in [1.29, 1.82) is 0 Å². The van der Waals surface area contributed by atoms with Crippen LogP contribution in [0, 0.1) is 0 Å². The van der Waals surface area contributed by atoms with Gasteiger partial charge in [-0.25, -0.2) is 0 Å². The highest BCUT2D eigenvalue weighted by Crippen LogP contribution is 2.26. The molecule has 6 heteroatoms. The van der Waals surface area contributed by atoms with Crippen molar-refractivity contribution in [1.82, 2.24) is 4.57 Å². The molecule has 0 bridgehead atoms. The summed E-state index contributed by atoms with van der Waals surface area (Å²) in [4.78, 5) is 12.2. The van der Waals surface area contributed by atoms with Gasteiger partial charge in [0.1, 0.15) is 11.4 Å². The fourth-order valence-corrected chi connectivity index (χ4v) is 1.91. The number of aromatic nitrogens is 1. The molecule has 0 saturated heterocycles. The summed E-state index contributed by atoms with van der Waals surface area (Å²) in [6.07, 6.45) is 1.81. The zero-order valence-electron chi connectivity index (χ0n) is 11.0. The Hall–Kier alpha value is -1.98. The Morgan fingerprint density at radius 2 is 2.25 bits per heavy atom. The van der Waals surface area contributed by atoms with E-state index < -0.39 is 0 Å². The molecule has 0 aliphatic rings. The van der Waals surface area contributed by atoms with E-state index >= 15 is 0 Å². The summed E-state index contributed by atoms with van der Waals surface area (Å²) in [5, 5.41) is 12.5. The number of methoxy groups -OCH3 is 1. The molecule has 1 aromatic carbocycles. The van der Waals surface area contributed by atoms with E-state index in [1.54, 1.807) is 29.9 Å². The van der Waals surface area contributed by atoms with Crippen molar-refractivity contribution >= 4 is 23.2 Å². The molecule has 0 unspecified atom stereocenters. The Morgan fingerprint density at radius 3 is 2.95 bits per heavy atom. The van der Waals surface area contributed by atoms with E-state index in [2.05, 4.69) is 5.32 Å². The fraction of sp³-hybridized carbons (Fsp3) is 0.214. The molecule has 1 amide bonds. The number of benzene rings is 1. The molecule has 0 aliphatic heterocycles. The summed E-state index contributed by atoms with van der Waals surface area (Å²) in [5.74, 6) is -0.327. The van der Waals surface area contributed by atoms with E-state index in [4.69, 9.17) is 16.3 Å². The maximum atomic E-state index is 12.2. The molecule has 0 radical (unpaired) electrons. The van der Waals surface area contributed by atoms with Crippen LogP contribution in [0.4, 0.5) is 5.69 Å². The van der Waals surface area contributed by atoms with Crippen molar-refractivity contribution in [2.45, 2.75) is 6.54 Å². The standard InChI is InChI=1S/C14H15ClN2O3/c1-20-8-7-17-6-2-3-12(17)14(19)16-10-4-5-11(15)13(18)9-10/h2-6,9,18H,7-8H2,1H3,(H,16,19). The number of nitrogens with zero attached hydrogens (tertiary/aromatic N) is 1. The summed E-state index contributed by atoms with van der Waals surface area (Å²) in [6.45, 7) is 1.12. The van der Waals surface area contributed by atoms with E-state index in [0.717, 1.165) is 0 Å². The van der Waals surface area contributed by atoms with Crippen molar-refractivity contribution in [3.8, 4) is 5.75 Å². The fourth-order valence-electron chi connectivity index (χ4n) is 1.79. The second kappa shape index (κ2) is 6.45. The number of aromatic hydroxyl groups is 1. The average Bonchev–Trinajstić information content (AvgIpc) is 2.89. The molecule has 0 fully saturated rings. The van der Waals surface area contributed by atoms with Gasteiger partial charge in [0.05, 0.1) is 11.6 Å². The van der Waals surface area contributed by atoms with Gasteiger partial charge in [0.2, 0.25) is 0 Å². The highest BCUT2D eigenvalue weighted by atomic mass is 35.5. The van der Waals surface area contributed by atoms with Crippen LogP contribution in [0.1, 0.15) is 10.5 Å². The molecule has 0 atom stereocenters. The summed E-state index contributed by atoms with van der Waals surface area (Å²) >= 11 is 5.72. The molecule has 20 heavy (non-hydrogen) atoms. The van der Waals surface area contributed by atoms with Crippen molar-refractivity contribution in [2.24, 2.45) is 0 Å². The number of amides is 1. The Balaban J connectivity index is 2.11. The molecule has 2 aromatic rings. The molecule has 1 heterocycles. The van der Waals surface area contributed by atoms with Crippen LogP contribution >= 0.6 is 11.6 Å². The van der Waals surface area contributed by atoms with Gasteiger partial charge in [-0.3, -0.25) is 4.79 Å². The van der Waals surface area contributed by atoms with Crippen LogP contribution in [0.5, 0.6) is 5.75 Å². The number of rotatable bonds is 5. The highest BCUT2D eigenvalue weighted by Gasteiger charge is 2.11. The van der Waals surface area contributed by atoms with E-state index in [1.165, 1.54) is 12.1 Å². The molecule has 0 saturated carbocycles. The molecule has 0 aliphatic carbocycles. The summed E-state index contributed by atoms with van der Waals surface area (Å²) in [7, 11) is 1.61. The lowest BCUT2D eigenvalue weighted by Gasteiger charge is -2.10. The topological polar surface area (TPSA) is 63.5 Å². The van der Waals surface area contributed by atoms with Gasteiger partial charge < -0.3 is 19.7 Å². The first-order valence-electron chi connectivity index (χ1n) is 6.06. The third kappa shape index (κ3) is 3.31. The van der Waals surface area contributed by atoms with Gasteiger partial charge in [0.15, 0.2) is 0 Å². The van der Waals surface area contributed by atoms with Crippen LogP contribution in [0.25, 0.3) is 0 Å². The summed E-state index contributed by atoms with van der Waals surface area (Å²) < 4.78 is 6.80. The molecule has 106 valence electrons. The Labute approximate surface area is 121 Å². The number of carbonyl (C=O) groups is 1. The minimum absolute atomic E-state index is 0.0702. The largest absolute Gasteiger partial charge is 0.506 e. The number of hydrogen-bond donors (Lipinski definition) is 2. The number of nitrogens with one attached hydrogen (secondary N) is 1. The molecule has 2 N–H and O–H groups in total. The van der Waals surface area contributed by atoms with E-state index in [1.807, 2.05) is 6.20 Å². The van der Waals surface area contributed by atoms with Gasteiger partial charge >= 0.3 is 0 Å². The van der Waals surface area contributed by atoms with Crippen molar-refractivity contribution < 1.29 is 14.6 Å². The first kappa shape index (κ1) is 14.4. The Morgan fingerprint density at radius 1 is 1.45 bits per heavy atom. The second-order valence-corrected chi connectivity index (χ2v) is 4.61.